The van der Waals surface area contributed by atoms with Crippen molar-refractivity contribution in [1.82, 2.24) is 10.3 Å². The Balaban J connectivity index is 1.98. The highest BCUT2D eigenvalue weighted by Crippen LogP contribution is 2.28. The largest absolute Gasteiger partial charge is 0.493 e. The molecule has 0 saturated carbocycles. The minimum atomic E-state index is 0.267. The number of nitrogens with one attached hydrogen (secondary N) is 1. The van der Waals surface area contributed by atoms with Gasteiger partial charge >= 0.3 is 0 Å². The maximum atomic E-state index is 5.36. The Hall–Kier alpha value is -2.07. The smallest absolute Gasteiger partial charge is 0.160 e. The van der Waals surface area contributed by atoms with Gasteiger partial charge in [0.05, 0.1) is 14.2 Å². The Kier molecular flexibility index (Phi) is 5.78. The van der Waals surface area contributed by atoms with E-state index >= 15 is 0 Å². The van der Waals surface area contributed by atoms with Crippen LogP contribution in [-0.4, -0.2) is 25.2 Å². The molecule has 2 atom stereocenters. The summed E-state index contributed by atoms with van der Waals surface area (Å²) in [6, 6.07) is 10.7. The van der Waals surface area contributed by atoms with E-state index in [0.717, 1.165) is 17.9 Å². The van der Waals surface area contributed by atoms with E-state index in [1.54, 1.807) is 20.4 Å². The van der Waals surface area contributed by atoms with Gasteiger partial charge in [-0.1, -0.05) is 12.1 Å². The number of nitrogens with zero attached hydrogens (tertiary/aromatic N) is 1. The number of aromatic nitrogens is 1. The van der Waals surface area contributed by atoms with Crippen molar-refractivity contribution < 1.29 is 9.47 Å². The van der Waals surface area contributed by atoms with Crippen molar-refractivity contribution >= 4 is 0 Å². The first-order chi connectivity index (χ1) is 10.6. The van der Waals surface area contributed by atoms with Gasteiger partial charge in [-0.15, -0.1) is 0 Å². The van der Waals surface area contributed by atoms with Crippen LogP contribution < -0.4 is 14.8 Å². The molecule has 0 aliphatic carbocycles. The zero-order valence-electron chi connectivity index (χ0n) is 13.7. The molecule has 1 N–H and O–H groups in total. The first kappa shape index (κ1) is 16.3. The molecule has 118 valence electrons. The van der Waals surface area contributed by atoms with Crippen LogP contribution in [0, 0.1) is 0 Å². The van der Waals surface area contributed by atoms with Gasteiger partial charge in [-0.2, -0.15) is 0 Å². The van der Waals surface area contributed by atoms with E-state index in [9.17, 15) is 0 Å². The molecular formula is C18H24N2O2. The van der Waals surface area contributed by atoms with Gasteiger partial charge < -0.3 is 14.8 Å². The summed E-state index contributed by atoms with van der Waals surface area (Å²) in [7, 11) is 3.31. The second-order valence-corrected chi connectivity index (χ2v) is 5.47. The summed E-state index contributed by atoms with van der Waals surface area (Å²) < 4.78 is 10.6. The van der Waals surface area contributed by atoms with Crippen LogP contribution in [0.4, 0.5) is 0 Å². The first-order valence-electron chi connectivity index (χ1n) is 7.51. The van der Waals surface area contributed by atoms with Gasteiger partial charge in [-0.3, -0.25) is 4.98 Å². The molecular weight excluding hydrogens is 276 g/mol. The standard InChI is InChI=1S/C18H24N2O2/c1-13(20-14(2)16-6-5-9-19-12-16)10-15-7-8-17(21-3)18(11-15)22-4/h5-9,11-14,20H,10H2,1-4H3. The average molecular weight is 300 g/mol. The summed E-state index contributed by atoms with van der Waals surface area (Å²) in [5.74, 6) is 1.53. The predicted octanol–water partition coefficient (Wildman–Crippen LogP) is 3.38. The van der Waals surface area contributed by atoms with Crippen LogP contribution in [0.1, 0.15) is 31.0 Å². The number of pyridine rings is 1. The lowest BCUT2D eigenvalue weighted by atomic mass is 10.0. The van der Waals surface area contributed by atoms with Crippen molar-refractivity contribution in [2.24, 2.45) is 0 Å². The first-order valence-corrected chi connectivity index (χ1v) is 7.51. The molecule has 0 aliphatic rings. The maximum absolute atomic E-state index is 5.36. The quantitative estimate of drug-likeness (QED) is 0.851. The molecule has 2 rings (SSSR count). The van der Waals surface area contributed by atoms with Gasteiger partial charge in [0.1, 0.15) is 0 Å². The lowest BCUT2D eigenvalue weighted by Crippen LogP contribution is -2.30. The molecule has 4 nitrogen and oxygen atoms in total. The number of ether oxygens (including phenoxy) is 2. The van der Waals surface area contributed by atoms with E-state index in [-0.39, 0.29) is 6.04 Å². The zero-order chi connectivity index (χ0) is 15.9. The lowest BCUT2D eigenvalue weighted by molar-refractivity contribution is 0.354. The molecule has 0 bridgehead atoms. The van der Waals surface area contributed by atoms with Gasteiger partial charge in [-0.05, 0) is 49.6 Å². The number of hydrogen-bond acceptors (Lipinski definition) is 4. The molecule has 4 heteroatoms. The summed E-state index contributed by atoms with van der Waals surface area (Å²) in [4.78, 5) is 4.17. The van der Waals surface area contributed by atoms with Gasteiger partial charge in [0, 0.05) is 24.5 Å². The SMILES string of the molecule is COc1ccc(CC(C)NC(C)c2cccnc2)cc1OC. The normalized spacial score (nSPS) is 13.5. The van der Waals surface area contributed by atoms with Crippen molar-refractivity contribution in [3.63, 3.8) is 0 Å². The molecule has 1 heterocycles. The molecule has 0 amide bonds. The topological polar surface area (TPSA) is 43.4 Å². The number of methoxy groups -OCH3 is 2. The van der Waals surface area contributed by atoms with Gasteiger partial charge in [0.25, 0.3) is 0 Å². The monoisotopic (exact) mass is 300 g/mol. The fraction of sp³-hybridized carbons (Fsp3) is 0.389. The molecule has 2 unspecified atom stereocenters. The Morgan fingerprint density at radius 2 is 1.86 bits per heavy atom. The number of hydrogen-bond donors (Lipinski definition) is 1. The molecule has 2 aromatic rings. The van der Waals surface area contributed by atoms with Crippen LogP contribution in [0.5, 0.6) is 11.5 Å². The van der Waals surface area contributed by atoms with E-state index in [1.165, 1.54) is 11.1 Å². The van der Waals surface area contributed by atoms with Crippen LogP contribution >= 0.6 is 0 Å². The van der Waals surface area contributed by atoms with Crippen molar-refractivity contribution in [3.05, 3.63) is 53.9 Å². The van der Waals surface area contributed by atoms with Crippen LogP contribution in [0.15, 0.2) is 42.7 Å². The summed E-state index contributed by atoms with van der Waals surface area (Å²) in [6.07, 6.45) is 4.62. The molecule has 0 fully saturated rings. The van der Waals surface area contributed by atoms with E-state index in [4.69, 9.17) is 9.47 Å². The lowest BCUT2D eigenvalue weighted by Gasteiger charge is -2.20. The molecule has 0 spiro atoms. The fourth-order valence-corrected chi connectivity index (χ4v) is 2.58. The van der Waals surface area contributed by atoms with Gasteiger partial charge in [0.2, 0.25) is 0 Å². The third-order valence-corrected chi connectivity index (χ3v) is 3.71. The molecule has 0 aliphatic heterocycles. The summed E-state index contributed by atoms with van der Waals surface area (Å²) >= 11 is 0. The number of rotatable bonds is 7. The Bertz CT molecular complexity index is 587. The summed E-state index contributed by atoms with van der Waals surface area (Å²) in [5.41, 5.74) is 2.41. The van der Waals surface area contributed by atoms with Crippen molar-refractivity contribution in [3.8, 4) is 11.5 Å². The van der Waals surface area contributed by atoms with Crippen LogP contribution in [0.25, 0.3) is 0 Å². The van der Waals surface area contributed by atoms with E-state index in [0.29, 0.717) is 6.04 Å². The Morgan fingerprint density at radius 1 is 1.09 bits per heavy atom. The van der Waals surface area contributed by atoms with Crippen LogP contribution in [0.2, 0.25) is 0 Å². The molecule has 22 heavy (non-hydrogen) atoms. The third kappa shape index (κ3) is 4.21. The fourth-order valence-electron chi connectivity index (χ4n) is 2.58. The highest BCUT2D eigenvalue weighted by Gasteiger charge is 2.11. The summed E-state index contributed by atoms with van der Waals surface area (Å²) in [5, 5.41) is 3.60. The molecule has 0 saturated heterocycles. The molecule has 1 aromatic heterocycles. The molecule has 0 radical (unpaired) electrons. The second kappa shape index (κ2) is 7.80. The minimum Gasteiger partial charge on any atom is -0.493 e. The van der Waals surface area contributed by atoms with Crippen LogP contribution in [0.3, 0.4) is 0 Å². The maximum Gasteiger partial charge on any atom is 0.160 e. The predicted molar refractivity (Wildman–Crippen MR) is 88.5 cm³/mol. The minimum absolute atomic E-state index is 0.267. The van der Waals surface area contributed by atoms with Crippen molar-refractivity contribution in [2.75, 3.05) is 14.2 Å². The highest BCUT2D eigenvalue weighted by atomic mass is 16.5. The van der Waals surface area contributed by atoms with E-state index < -0.39 is 0 Å². The Morgan fingerprint density at radius 3 is 2.50 bits per heavy atom. The van der Waals surface area contributed by atoms with Gasteiger partial charge in [-0.25, -0.2) is 0 Å². The Labute approximate surface area is 132 Å². The zero-order valence-corrected chi connectivity index (χ0v) is 13.7. The third-order valence-electron chi connectivity index (χ3n) is 3.71. The highest BCUT2D eigenvalue weighted by molar-refractivity contribution is 5.43. The second-order valence-electron chi connectivity index (χ2n) is 5.47. The van der Waals surface area contributed by atoms with Crippen molar-refractivity contribution in [1.29, 1.82) is 0 Å². The average Bonchev–Trinajstić information content (AvgIpc) is 2.55. The summed E-state index contributed by atoms with van der Waals surface area (Å²) in [6.45, 7) is 4.34. The van der Waals surface area contributed by atoms with Gasteiger partial charge in [0.15, 0.2) is 11.5 Å². The van der Waals surface area contributed by atoms with Crippen molar-refractivity contribution in [2.45, 2.75) is 32.4 Å². The van der Waals surface area contributed by atoms with E-state index in [2.05, 4.69) is 36.3 Å². The van der Waals surface area contributed by atoms with Crippen LogP contribution in [-0.2, 0) is 6.42 Å². The molecule has 1 aromatic carbocycles. The number of benzene rings is 1. The van der Waals surface area contributed by atoms with E-state index in [1.807, 2.05) is 24.4 Å².